The van der Waals surface area contributed by atoms with Gasteiger partial charge in [0.25, 0.3) is 0 Å². The Morgan fingerprint density at radius 3 is 2.44 bits per heavy atom. The lowest BCUT2D eigenvalue weighted by Gasteiger charge is -2.53. The van der Waals surface area contributed by atoms with Crippen LogP contribution in [0, 0.1) is 16.7 Å². The maximum absolute atomic E-state index is 12.7. The molecule has 0 amide bonds. The zero-order valence-corrected chi connectivity index (χ0v) is 11.3. The number of carbonyl (C=O) groups is 2. The van der Waals surface area contributed by atoms with Gasteiger partial charge in [0.1, 0.15) is 0 Å². The van der Waals surface area contributed by atoms with Gasteiger partial charge in [0.05, 0.1) is 11.5 Å². The number of Topliss-reactive ketones (excluding diaryl/α,β-unsaturated/α-hetero) is 2. The van der Waals surface area contributed by atoms with Gasteiger partial charge in [0.15, 0.2) is 23.3 Å². The molecule has 3 fully saturated rings. The highest BCUT2D eigenvalue weighted by molar-refractivity contribution is 6.11. The van der Waals surface area contributed by atoms with Crippen LogP contribution in [0.5, 0.6) is 0 Å². The molecule has 5 atom stereocenters. The summed E-state index contributed by atoms with van der Waals surface area (Å²) in [5.74, 6) is -0.518. The number of hydrogen-bond donors (Lipinski definition) is 1. The lowest BCUT2D eigenvalue weighted by Crippen LogP contribution is -2.64. The van der Waals surface area contributed by atoms with E-state index in [1.807, 2.05) is 13.8 Å². The summed E-state index contributed by atoms with van der Waals surface area (Å²) in [6.07, 6.45) is 0.0120. The molecule has 0 aromatic rings. The Morgan fingerprint density at radius 2 is 1.83 bits per heavy atom. The summed E-state index contributed by atoms with van der Waals surface area (Å²) in [5, 5.41) is 10.3. The summed E-state index contributed by atoms with van der Waals surface area (Å²) in [4.78, 5) is 25.2. The van der Waals surface area contributed by atoms with Crippen molar-refractivity contribution >= 4 is 11.6 Å². The van der Waals surface area contributed by atoms with Crippen LogP contribution in [0.2, 0.25) is 0 Å². The maximum atomic E-state index is 12.7. The molecule has 0 aromatic heterocycles. The normalized spacial score (nSPS) is 53.7. The van der Waals surface area contributed by atoms with Crippen molar-refractivity contribution in [2.24, 2.45) is 16.7 Å². The number of epoxide rings is 1. The molecular weight excluding hydrogens is 232 g/mol. The molecule has 1 N–H and O–H groups in total. The quantitative estimate of drug-likeness (QED) is 0.656. The molecule has 0 radical (unpaired) electrons. The minimum atomic E-state index is -0.986. The molecule has 1 saturated heterocycles. The second-order valence-electron chi connectivity index (χ2n) is 7.10. The van der Waals surface area contributed by atoms with Crippen LogP contribution in [0.1, 0.15) is 40.5 Å². The van der Waals surface area contributed by atoms with Gasteiger partial charge in [-0.3, -0.25) is 9.59 Å². The number of aliphatic hydroxyl groups excluding tert-OH is 1. The highest BCUT2D eigenvalue weighted by atomic mass is 16.6. The van der Waals surface area contributed by atoms with E-state index in [0.29, 0.717) is 6.42 Å². The zero-order valence-electron chi connectivity index (χ0n) is 11.3. The van der Waals surface area contributed by atoms with E-state index in [2.05, 4.69) is 0 Å². The summed E-state index contributed by atoms with van der Waals surface area (Å²) >= 11 is 0. The Kier molecular flexibility index (Phi) is 2.08. The lowest BCUT2D eigenvalue weighted by atomic mass is 9.48. The first-order valence-corrected chi connectivity index (χ1v) is 6.60. The Balaban J connectivity index is 2.15. The van der Waals surface area contributed by atoms with Gasteiger partial charge in [-0.2, -0.15) is 0 Å². The number of fused-ring (bicyclic) bond motifs is 2. The molecule has 1 aliphatic heterocycles. The van der Waals surface area contributed by atoms with Crippen molar-refractivity contribution in [3.8, 4) is 0 Å². The molecule has 1 heterocycles. The third kappa shape index (κ3) is 1.14. The van der Waals surface area contributed by atoms with Crippen LogP contribution in [0.15, 0.2) is 0 Å². The van der Waals surface area contributed by atoms with Crippen molar-refractivity contribution in [1.29, 1.82) is 0 Å². The SMILES string of the molecule is CC1(C)CC[C@H](O)[C@]2(C)C(=O)[C@@]3(C)O[C@H]3C(=O)[C@H]12. The van der Waals surface area contributed by atoms with Gasteiger partial charge >= 0.3 is 0 Å². The number of ketones is 2. The highest BCUT2D eigenvalue weighted by Crippen LogP contribution is 2.61. The lowest BCUT2D eigenvalue weighted by molar-refractivity contribution is -0.169. The molecule has 0 unspecified atom stereocenters. The first-order chi connectivity index (χ1) is 8.15. The van der Waals surface area contributed by atoms with E-state index in [0.717, 1.165) is 6.42 Å². The van der Waals surface area contributed by atoms with E-state index in [9.17, 15) is 14.7 Å². The molecule has 100 valence electrons. The van der Waals surface area contributed by atoms with Gasteiger partial charge in [-0.25, -0.2) is 0 Å². The van der Waals surface area contributed by atoms with Crippen molar-refractivity contribution in [1.82, 2.24) is 0 Å². The maximum Gasteiger partial charge on any atom is 0.176 e. The van der Waals surface area contributed by atoms with Crippen LogP contribution in [-0.2, 0) is 14.3 Å². The largest absolute Gasteiger partial charge is 0.392 e. The average Bonchev–Trinajstić information content (AvgIpc) is 2.96. The van der Waals surface area contributed by atoms with Crippen LogP contribution in [0.25, 0.3) is 0 Å². The Morgan fingerprint density at radius 1 is 1.22 bits per heavy atom. The van der Waals surface area contributed by atoms with Gasteiger partial charge < -0.3 is 9.84 Å². The number of carbonyl (C=O) groups excluding carboxylic acids is 2. The molecule has 4 nitrogen and oxygen atoms in total. The molecule has 3 aliphatic rings. The highest BCUT2D eigenvalue weighted by Gasteiger charge is 2.76. The fourth-order valence-corrected chi connectivity index (χ4v) is 4.32. The third-order valence-corrected chi connectivity index (χ3v) is 5.42. The van der Waals surface area contributed by atoms with Crippen LogP contribution in [0.3, 0.4) is 0 Å². The fraction of sp³-hybridized carbons (Fsp3) is 0.857. The van der Waals surface area contributed by atoms with Crippen molar-refractivity contribution < 1.29 is 19.4 Å². The minimum absolute atomic E-state index is 0.00310. The van der Waals surface area contributed by atoms with Crippen LogP contribution in [0.4, 0.5) is 0 Å². The van der Waals surface area contributed by atoms with Crippen LogP contribution in [-0.4, -0.2) is 34.5 Å². The molecule has 0 aromatic carbocycles. The van der Waals surface area contributed by atoms with E-state index in [4.69, 9.17) is 4.74 Å². The van der Waals surface area contributed by atoms with Gasteiger partial charge in [0, 0.05) is 5.92 Å². The second kappa shape index (κ2) is 3.05. The Labute approximate surface area is 107 Å². The van der Waals surface area contributed by atoms with Crippen molar-refractivity contribution in [2.75, 3.05) is 0 Å². The molecule has 18 heavy (non-hydrogen) atoms. The van der Waals surface area contributed by atoms with Gasteiger partial charge in [-0.1, -0.05) is 13.8 Å². The third-order valence-electron chi connectivity index (χ3n) is 5.42. The number of aliphatic hydroxyl groups is 1. The molecule has 2 aliphatic carbocycles. The first-order valence-electron chi connectivity index (χ1n) is 6.60. The Hall–Kier alpha value is -0.740. The molecule has 0 bridgehead atoms. The van der Waals surface area contributed by atoms with Crippen LogP contribution < -0.4 is 0 Å². The van der Waals surface area contributed by atoms with Crippen LogP contribution >= 0.6 is 0 Å². The molecule has 2 saturated carbocycles. The van der Waals surface area contributed by atoms with Crippen molar-refractivity contribution in [2.45, 2.75) is 58.3 Å². The average molecular weight is 252 g/mol. The topological polar surface area (TPSA) is 66.9 Å². The van der Waals surface area contributed by atoms with Crippen molar-refractivity contribution in [3.63, 3.8) is 0 Å². The smallest absolute Gasteiger partial charge is 0.176 e. The summed E-state index contributed by atoms with van der Waals surface area (Å²) in [6.45, 7) is 7.44. The fourth-order valence-electron chi connectivity index (χ4n) is 4.32. The number of ether oxygens (including phenoxy) is 1. The predicted molar refractivity (Wildman–Crippen MR) is 63.9 cm³/mol. The summed E-state index contributed by atoms with van der Waals surface area (Å²) < 4.78 is 5.38. The van der Waals surface area contributed by atoms with Gasteiger partial charge in [-0.05, 0) is 32.1 Å². The minimum Gasteiger partial charge on any atom is -0.392 e. The second-order valence-corrected chi connectivity index (χ2v) is 7.10. The first kappa shape index (κ1) is 12.3. The van der Waals surface area contributed by atoms with Gasteiger partial charge in [-0.15, -0.1) is 0 Å². The molecular formula is C14H20O4. The standard InChI is InChI=1S/C14H20O4/c1-12(2)6-5-7(15)13(3)9(12)8(16)10-14(4,18-10)11(13)17/h7,9-10,15H,5-6H2,1-4H3/t7-,9+,10-,13-,14-/m0/s1. The van der Waals surface area contributed by atoms with E-state index in [1.54, 1.807) is 13.8 Å². The van der Waals surface area contributed by atoms with E-state index < -0.39 is 29.1 Å². The van der Waals surface area contributed by atoms with Gasteiger partial charge in [0.2, 0.25) is 0 Å². The summed E-state index contributed by atoms with van der Waals surface area (Å²) in [5.41, 5.74) is -2.22. The summed E-state index contributed by atoms with van der Waals surface area (Å²) in [6, 6.07) is 0. The predicted octanol–water partition coefficient (Wildman–Crippen LogP) is 1.10. The number of rotatable bonds is 0. The zero-order chi connectivity index (χ0) is 13.5. The molecule has 4 heteroatoms. The van der Waals surface area contributed by atoms with E-state index in [-0.39, 0.29) is 17.0 Å². The van der Waals surface area contributed by atoms with E-state index >= 15 is 0 Å². The molecule has 3 rings (SSSR count). The Bertz CT molecular complexity index is 455. The van der Waals surface area contributed by atoms with Crippen molar-refractivity contribution in [3.05, 3.63) is 0 Å². The number of hydrogen-bond acceptors (Lipinski definition) is 4. The summed E-state index contributed by atoms with van der Waals surface area (Å²) in [7, 11) is 0. The monoisotopic (exact) mass is 252 g/mol. The molecule has 0 spiro atoms. The van der Waals surface area contributed by atoms with E-state index in [1.165, 1.54) is 0 Å².